The lowest BCUT2D eigenvalue weighted by molar-refractivity contribution is -0.138. The van der Waals surface area contributed by atoms with Crippen LogP contribution in [0.4, 0.5) is 0 Å². The first-order valence-electron chi connectivity index (χ1n) is 3.39. The van der Waals surface area contributed by atoms with Crippen molar-refractivity contribution in [3.05, 3.63) is 0 Å². The molecule has 0 aromatic heterocycles. The largest absolute Gasteiger partial charge is 0.319 e. The zero-order valence-corrected chi connectivity index (χ0v) is 7.20. The van der Waals surface area contributed by atoms with Gasteiger partial charge in [-0.15, -0.1) is 0 Å². The molecule has 0 aromatic rings. The van der Waals surface area contributed by atoms with Crippen molar-refractivity contribution in [3.8, 4) is 0 Å². The van der Waals surface area contributed by atoms with Gasteiger partial charge in [-0.05, 0) is 0 Å². The van der Waals surface area contributed by atoms with Crippen LogP contribution >= 0.6 is 12.6 Å². The molecule has 6 heteroatoms. The first-order chi connectivity index (χ1) is 5.66. The summed E-state index contributed by atoms with van der Waals surface area (Å²) in [4.78, 5) is 26.7. The molecule has 1 heterocycles. The standard InChI is InChI=1S/C6H9N3O2S/c7-4(2-12)6(11)9-3-8-1-5(9)10/h3-4,12H,1-2,7H2/t4-/m0/s1. The van der Waals surface area contributed by atoms with Gasteiger partial charge in [0.2, 0.25) is 0 Å². The highest BCUT2D eigenvalue weighted by atomic mass is 32.1. The van der Waals surface area contributed by atoms with Gasteiger partial charge in [0.25, 0.3) is 11.8 Å². The van der Waals surface area contributed by atoms with Crippen LogP contribution < -0.4 is 5.73 Å². The third-order valence-corrected chi connectivity index (χ3v) is 1.84. The van der Waals surface area contributed by atoms with Gasteiger partial charge in [0.1, 0.15) is 6.54 Å². The van der Waals surface area contributed by atoms with Gasteiger partial charge in [-0.3, -0.25) is 14.6 Å². The van der Waals surface area contributed by atoms with Gasteiger partial charge in [0, 0.05) is 5.75 Å². The molecule has 12 heavy (non-hydrogen) atoms. The zero-order chi connectivity index (χ0) is 9.14. The summed E-state index contributed by atoms with van der Waals surface area (Å²) in [6.07, 6.45) is 1.20. The first-order valence-corrected chi connectivity index (χ1v) is 4.02. The zero-order valence-electron chi connectivity index (χ0n) is 6.30. The molecule has 0 unspecified atom stereocenters. The minimum atomic E-state index is -0.734. The normalized spacial score (nSPS) is 18.5. The minimum absolute atomic E-state index is 0.0328. The molecule has 0 saturated carbocycles. The van der Waals surface area contributed by atoms with Crippen LogP contribution in [0.5, 0.6) is 0 Å². The summed E-state index contributed by atoms with van der Waals surface area (Å²) in [5.41, 5.74) is 5.38. The maximum atomic E-state index is 11.2. The topological polar surface area (TPSA) is 75.8 Å². The SMILES string of the molecule is N[C@@H](CS)C(=O)N1C=NCC1=O. The van der Waals surface area contributed by atoms with Crippen LogP contribution in [-0.2, 0) is 9.59 Å². The molecule has 0 aliphatic carbocycles. The van der Waals surface area contributed by atoms with E-state index >= 15 is 0 Å². The lowest BCUT2D eigenvalue weighted by atomic mass is 10.3. The fourth-order valence-electron chi connectivity index (χ4n) is 0.778. The third kappa shape index (κ3) is 1.64. The van der Waals surface area contributed by atoms with Crippen molar-refractivity contribution >= 4 is 30.8 Å². The summed E-state index contributed by atoms with van der Waals surface area (Å²) in [6, 6.07) is -0.734. The number of rotatable bonds is 2. The summed E-state index contributed by atoms with van der Waals surface area (Å²) in [7, 11) is 0. The molecule has 0 fully saturated rings. The number of aliphatic imine (C=N–C) groups is 1. The molecule has 2 amide bonds. The number of amides is 2. The van der Waals surface area contributed by atoms with E-state index in [0.717, 1.165) is 4.90 Å². The number of carbonyl (C=O) groups excluding carboxylic acids is 2. The molecule has 66 valence electrons. The van der Waals surface area contributed by atoms with E-state index in [1.54, 1.807) is 0 Å². The van der Waals surface area contributed by atoms with Crippen molar-refractivity contribution in [2.75, 3.05) is 12.3 Å². The second kappa shape index (κ2) is 3.68. The number of nitrogens with two attached hydrogens (primary N) is 1. The maximum absolute atomic E-state index is 11.2. The summed E-state index contributed by atoms with van der Waals surface area (Å²) in [6.45, 7) is 0.0328. The Morgan fingerprint density at radius 3 is 3.00 bits per heavy atom. The Morgan fingerprint density at radius 1 is 1.92 bits per heavy atom. The lowest BCUT2D eigenvalue weighted by Gasteiger charge is -2.13. The molecule has 0 bridgehead atoms. The Morgan fingerprint density at radius 2 is 2.58 bits per heavy atom. The van der Waals surface area contributed by atoms with Crippen LogP contribution in [0.15, 0.2) is 4.99 Å². The van der Waals surface area contributed by atoms with Crippen LogP contribution in [0.25, 0.3) is 0 Å². The first kappa shape index (κ1) is 9.21. The number of thiol groups is 1. The second-order valence-corrected chi connectivity index (χ2v) is 2.71. The number of carbonyl (C=O) groups is 2. The van der Waals surface area contributed by atoms with Crippen molar-refractivity contribution in [2.45, 2.75) is 6.04 Å². The van der Waals surface area contributed by atoms with Gasteiger partial charge in [-0.1, -0.05) is 0 Å². The van der Waals surface area contributed by atoms with E-state index in [1.807, 2.05) is 0 Å². The Kier molecular flexibility index (Phi) is 2.83. The van der Waals surface area contributed by atoms with E-state index in [9.17, 15) is 9.59 Å². The third-order valence-electron chi connectivity index (χ3n) is 1.44. The van der Waals surface area contributed by atoms with Crippen LogP contribution in [0.2, 0.25) is 0 Å². The monoisotopic (exact) mass is 187 g/mol. The molecular weight excluding hydrogens is 178 g/mol. The highest BCUT2D eigenvalue weighted by Gasteiger charge is 2.26. The van der Waals surface area contributed by atoms with Crippen molar-refractivity contribution in [2.24, 2.45) is 10.7 Å². The van der Waals surface area contributed by atoms with Gasteiger partial charge in [-0.2, -0.15) is 12.6 Å². The molecule has 1 atom stereocenters. The molecule has 1 aliphatic heterocycles. The quantitative estimate of drug-likeness (QED) is 0.524. The number of hydrogen-bond donors (Lipinski definition) is 2. The maximum Gasteiger partial charge on any atom is 0.256 e. The average Bonchev–Trinajstić information content (AvgIpc) is 2.48. The van der Waals surface area contributed by atoms with Crippen molar-refractivity contribution in [1.29, 1.82) is 0 Å². The van der Waals surface area contributed by atoms with Gasteiger partial charge in [-0.25, -0.2) is 4.90 Å². The Labute approximate surface area is 75.0 Å². The molecule has 1 rings (SSSR count). The predicted octanol–water partition coefficient (Wildman–Crippen LogP) is -1.36. The fourth-order valence-corrected chi connectivity index (χ4v) is 0.934. The Hall–Kier alpha value is -0.880. The van der Waals surface area contributed by atoms with E-state index in [0.29, 0.717) is 0 Å². The number of imide groups is 1. The van der Waals surface area contributed by atoms with E-state index in [4.69, 9.17) is 5.73 Å². The smallest absolute Gasteiger partial charge is 0.256 e. The lowest BCUT2D eigenvalue weighted by Crippen LogP contribution is -2.45. The fraction of sp³-hybridized carbons (Fsp3) is 0.500. The van der Waals surface area contributed by atoms with Gasteiger partial charge < -0.3 is 5.73 Å². The molecule has 0 spiro atoms. The minimum Gasteiger partial charge on any atom is -0.319 e. The van der Waals surface area contributed by atoms with Gasteiger partial charge in [0.15, 0.2) is 0 Å². The molecule has 0 aromatic carbocycles. The molecular formula is C6H9N3O2S. The number of hydrogen-bond acceptors (Lipinski definition) is 5. The van der Waals surface area contributed by atoms with Crippen molar-refractivity contribution < 1.29 is 9.59 Å². The van der Waals surface area contributed by atoms with Crippen LogP contribution in [0.1, 0.15) is 0 Å². The van der Waals surface area contributed by atoms with E-state index in [2.05, 4.69) is 17.6 Å². The Balaban J connectivity index is 2.64. The van der Waals surface area contributed by atoms with E-state index in [-0.39, 0.29) is 18.2 Å². The molecule has 0 radical (unpaired) electrons. The van der Waals surface area contributed by atoms with Crippen LogP contribution in [0, 0.1) is 0 Å². The summed E-state index contributed by atoms with van der Waals surface area (Å²) in [5, 5.41) is 0. The average molecular weight is 187 g/mol. The highest BCUT2D eigenvalue weighted by Crippen LogP contribution is 1.99. The number of nitrogens with zero attached hydrogens (tertiary/aromatic N) is 2. The summed E-state index contributed by atoms with van der Waals surface area (Å²) >= 11 is 3.85. The van der Waals surface area contributed by atoms with Crippen molar-refractivity contribution in [1.82, 2.24) is 4.90 Å². The molecule has 5 nitrogen and oxygen atoms in total. The summed E-state index contributed by atoms with van der Waals surface area (Å²) in [5.74, 6) is -0.565. The highest BCUT2D eigenvalue weighted by molar-refractivity contribution is 7.80. The van der Waals surface area contributed by atoms with E-state index < -0.39 is 11.9 Å². The van der Waals surface area contributed by atoms with E-state index in [1.165, 1.54) is 6.34 Å². The van der Waals surface area contributed by atoms with Gasteiger partial charge >= 0.3 is 0 Å². The van der Waals surface area contributed by atoms with Crippen molar-refractivity contribution in [3.63, 3.8) is 0 Å². The summed E-state index contributed by atoms with van der Waals surface area (Å²) < 4.78 is 0. The Bertz CT molecular complexity index is 241. The van der Waals surface area contributed by atoms with Gasteiger partial charge in [0.05, 0.1) is 12.4 Å². The molecule has 1 aliphatic rings. The second-order valence-electron chi connectivity index (χ2n) is 2.35. The van der Waals surface area contributed by atoms with Crippen LogP contribution in [-0.4, -0.2) is 41.4 Å². The molecule has 0 saturated heterocycles. The predicted molar refractivity (Wildman–Crippen MR) is 47.0 cm³/mol. The molecule has 2 N–H and O–H groups in total. The van der Waals surface area contributed by atoms with Crippen LogP contribution in [0.3, 0.4) is 0 Å².